The maximum Gasteiger partial charge on any atom is 0.244 e. The number of hydrogen-bond acceptors (Lipinski definition) is 5. The average Bonchev–Trinajstić information content (AvgIpc) is 3.76. The summed E-state index contributed by atoms with van der Waals surface area (Å²) in [5, 5.41) is 11.1. The van der Waals surface area contributed by atoms with Crippen LogP contribution in [0.3, 0.4) is 0 Å². The second kappa shape index (κ2) is 8.32. The fourth-order valence-corrected chi connectivity index (χ4v) is 7.12. The lowest BCUT2D eigenvalue weighted by Gasteiger charge is -2.29. The zero-order valence-electron chi connectivity index (χ0n) is 18.7. The van der Waals surface area contributed by atoms with Gasteiger partial charge in [0.2, 0.25) is 11.8 Å². The van der Waals surface area contributed by atoms with E-state index >= 15 is 0 Å². The first kappa shape index (κ1) is 23.8. The van der Waals surface area contributed by atoms with Crippen LogP contribution in [0, 0.1) is 17.1 Å². The number of nitriles is 1. The number of carbonyl (C=O) groups excluding carboxylic acids is 2. The minimum absolute atomic E-state index is 0.0599. The molecule has 3 fully saturated rings. The van der Waals surface area contributed by atoms with Crippen LogP contribution in [0.5, 0.6) is 0 Å². The number of likely N-dealkylation sites (tertiary alicyclic amines) is 1. The molecule has 2 aliphatic carbocycles. The molecule has 0 radical (unpaired) electrons. The van der Waals surface area contributed by atoms with Crippen molar-refractivity contribution >= 4 is 33.3 Å². The third-order valence-electron chi connectivity index (χ3n) is 7.28. The Kier molecular flexibility index (Phi) is 5.65. The van der Waals surface area contributed by atoms with Gasteiger partial charge in [-0.2, -0.15) is 5.26 Å². The van der Waals surface area contributed by atoms with Crippen LogP contribution in [0.2, 0.25) is 5.02 Å². The molecule has 7 nitrogen and oxygen atoms in total. The SMILES string of the molecule is N#CC1(NC(=O)[C@@H]2C[C@@H](S(=O)(=O)c3ccccc3Cl)CN2C(=O)C2(c3ccccc3F)CC2)CC1. The Labute approximate surface area is 207 Å². The molecule has 2 atom stereocenters. The van der Waals surface area contributed by atoms with Crippen LogP contribution in [-0.4, -0.2) is 48.5 Å². The summed E-state index contributed by atoms with van der Waals surface area (Å²) in [7, 11) is -3.98. The van der Waals surface area contributed by atoms with E-state index in [-0.39, 0.29) is 28.4 Å². The van der Waals surface area contributed by atoms with Crippen LogP contribution < -0.4 is 5.32 Å². The van der Waals surface area contributed by atoms with E-state index in [1.165, 1.54) is 29.2 Å². The molecule has 1 saturated heterocycles. The second-order valence-electron chi connectivity index (χ2n) is 9.55. The number of amides is 2. The standard InChI is InChI=1S/C25H23ClFN3O4S/c26-18-6-2-4-8-21(18)35(33,34)16-13-20(22(31)29-24(15-28)9-10-24)30(14-16)23(32)25(11-12-25)17-5-1-3-7-19(17)27/h1-8,16,20H,9-14H2,(H,29,31)/t16-,20+/m1/s1. The van der Waals surface area contributed by atoms with Crippen molar-refractivity contribution in [1.82, 2.24) is 10.2 Å². The zero-order valence-corrected chi connectivity index (χ0v) is 20.3. The summed E-state index contributed by atoms with van der Waals surface area (Å²) in [6, 6.07) is 13.0. The van der Waals surface area contributed by atoms with Crippen molar-refractivity contribution in [1.29, 1.82) is 5.26 Å². The van der Waals surface area contributed by atoms with Crippen molar-refractivity contribution in [2.75, 3.05) is 6.54 Å². The predicted octanol–water partition coefficient (Wildman–Crippen LogP) is 3.13. The summed E-state index contributed by atoms with van der Waals surface area (Å²) in [6.45, 7) is -0.222. The monoisotopic (exact) mass is 515 g/mol. The molecule has 3 aliphatic rings. The minimum Gasteiger partial charge on any atom is -0.336 e. The molecular formula is C25H23ClFN3O4S. The Morgan fingerprint density at radius 1 is 1.09 bits per heavy atom. The van der Waals surface area contributed by atoms with Gasteiger partial charge in [-0.15, -0.1) is 0 Å². The number of nitrogens with zero attached hydrogens (tertiary/aromatic N) is 2. The molecule has 1 aliphatic heterocycles. The lowest BCUT2D eigenvalue weighted by molar-refractivity contribution is -0.140. The summed E-state index contributed by atoms with van der Waals surface area (Å²) < 4.78 is 41.6. The molecular weight excluding hydrogens is 493 g/mol. The van der Waals surface area contributed by atoms with E-state index in [1.807, 2.05) is 0 Å². The molecule has 2 aromatic carbocycles. The maximum atomic E-state index is 14.6. The number of carbonyl (C=O) groups is 2. The molecule has 2 aromatic rings. The van der Waals surface area contributed by atoms with Gasteiger partial charge >= 0.3 is 0 Å². The Hall–Kier alpha value is -2.96. The molecule has 5 rings (SSSR count). The van der Waals surface area contributed by atoms with Crippen molar-refractivity contribution in [3.63, 3.8) is 0 Å². The van der Waals surface area contributed by atoms with E-state index < -0.39 is 49.7 Å². The quantitative estimate of drug-likeness (QED) is 0.636. The molecule has 10 heteroatoms. The highest BCUT2D eigenvalue weighted by atomic mass is 35.5. The predicted molar refractivity (Wildman–Crippen MR) is 126 cm³/mol. The number of halogens is 2. The number of rotatable bonds is 6. The first-order chi connectivity index (χ1) is 16.6. The van der Waals surface area contributed by atoms with Gasteiger partial charge in [0.15, 0.2) is 9.84 Å². The lowest BCUT2D eigenvalue weighted by atomic mass is 9.93. The highest BCUT2D eigenvalue weighted by Gasteiger charge is 2.59. The van der Waals surface area contributed by atoms with E-state index in [2.05, 4.69) is 11.4 Å². The van der Waals surface area contributed by atoms with Gasteiger partial charge in [0.1, 0.15) is 17.4 Å². The summed E-state index contributed by atoms with van der Waals surface area (Å²) in [6.07, 6.45) is 1.66. The van der Waals surface area contributed by atoms with Gasteiger partial charge in [-0.3, -0.25) is 9.59 Å². The Morgan fingerprint density at radius 3 is 2.34 bits per heavy atom. The third-order valence-corrected chi connectivity index (χ3v) is 9.91. The maximum absolute atomic E-state index is 14.6. The fraction of sp³-hybridized carbons (Fsp3) is 0.400. The summed E-state index contributed by atoms with van der Waals surface area (Å²) >= 11 is 6.16. The Bertz CT molecular complexity index is 1360. The Morgan fingerprint density at radius 2 is 1.74 bits per heavy atom. The van der Waals surface area contributed by atoms with Crippen molar-refractivity contribution in [2.45, 2.75) is 59.2 Å². The summed E-state index contributed by atoms with van der Waals surface area (Å²) in [4.78, 5) is 28.3. The van der Waals surface area contributed by atoms with E-state index in [9.17, 15) is 27.7 Å². The van der Waals surface area contributed by atoms with Gasteiger partial charge in [0.25, 0.3) is 0 Å². The molecule has 0 unspecified atom stereocenters. The Balaban J connectivity index is 1.49. The molecule has 182 valence electrons. The molecule has 0 bridgehead atoms. The van der Waals surface area contributed by atoms with Crippen LogP contribution in [-0.2, 0) is 24.8 Å². The molecule has 35 heavy (non-hydrogen) atoms. The largest absolute Gasteiger partial charge is 0.336 e. The second-order valence-corrected chi connectivity index (χ2v) is 12.2. The van der Waals surface area contributed by atoms with Crippen LogP contribution in [0.1, 0.15) is 37.7 Å². The zero-order chi connectivity index (χ0) is 25.0. The smallest absolute Gasteiger partial charge is 0.244 e. The van der Waals surface area contributed by atoms with Gasteiger partial charge in [-0.25, -0.2) is 12.8 Å². The van der Waals surface area contributed by atoms with Gasteiger partial charge < -0.3 is 10.2 Å². The van der Waals surface area contributed by atoms with Crippen molar-refractivity contribution in [3.05, 3.63) is 64.9 Å². The van der Waals surface area contributed by atoms with Gasteiger partial charge in [-0.1, -0.05) is 41.9 Å². The highest BCUT2D eigenvalue weighted by Crippen LogP contribution is 2.51. The molecule has 2 amide bonds. The third kappa shape index (κ3) is 3.99. The van der Waals surface area contributed by atoms with Crippen LogP contribution >= 0.6 is 11.6 Å². The number of benzene rings is 2. The fourth-order valence-electron chi connectivity index (χ4n) is 4.91. The van der Waals surface area contributed by atoms with Crippen molar-refractivity contribution < 1.29 is 22.4 Å². The minimum atomic E-state index is -3.98. The molecule has 0 aromatic heterocycles. The van der Waals surface area contributed by atoms with E-state index in [4.69, 9.17) is 11.6 Å². The van der Waals surface area contributed by atoms with Crippen molar-refractivity contribution in [2.24, 2.45) is 0 Å². The first-order valence-corrected chi connectivity index (χ1v) is 13.3. The average molecular weight is 516 g/mol. The normalized spacial score (nSPS) is 23.9. The van der Waals surface area contributed by atoms with Crippen LogP contribution in [0.25, 0.3) is 0 Å². The van der Waals surface area contributed by atoms with Crippen LogP contribution in [0.4, 0.5) is 4.39 Å². The molecule has 1 heterocycles. The summed E-state index contributed by atoms with van der Waals surface area (Å²) in [5.74, 6) is -1.56. The van der Waals surface area contributed by atoms with E-state index in [0.717, 1.165) is 0 Å². The summed E-state index contributed by atoms with van der Waals surface area (Å²) in [5.41, 5.74) is -1.86. The number of hydrogen-bond donors (Lipinski definition) is 1. The van der Waals surface area contributed by atoms with Crippen molar-refractivity contribution in [3.8, 4) is 6.07 Å². The first-order valence-electron chi connectivity index (χ1n) is 11.4. The van der Waals surface area contributed by atoms with E-state index in [1.54, 1.807) is 24.3 Å². The lowest BCUT2D eigenvalue weighted by Crippen LogP contribution is -2.51. The number of sulfone groups is 1. The van der Waals surface area contributed by atoms with Gasteiger partial charge in [0.05, 0.1) is 26.7 Å². The number of nitrogens with one attached hydrogen (secondary N) is 1. The molecule has 2 saturated carbocycles. The van der Waals surface area contributed by atoms with Crippen LogP contribution in [0.15, 0.2) is 53.4 Å². The van der Waals surface area contributed by atoms with Gasteiger partial charge in [0, 0.05) is 12.1 Å². The highest BCUT2D eigenvalue weighted by molar-refractivity contribution is 7.92. The topological polar surface area (TPSA) is 107 Å². The van der Waals surface area contributed by atoms with E-state index in [0.29, 0.717) is 25.7 Å². The van der Waals surface area contributed by atoms with Gasteiger partial charge in [-0.05, 0) is 50.3 Å². The molecule has 0 spiro atoms. The molecule has 1 N–H and O–H groups in total.